The van der Waals surface area contributed by atoms with Crippen molar-refractivity contribution in [3.8, 4) is 6.07 Å². The van der Waals surface area contributed by atoms with E-state index in [9.17, 15) is 4.79 Å². The Bertz CT molecular complexity index is 330. The lowest BCUT2D eigenvalue weighted by Crippen LogP contribution is -3.07. The predicted octanol–water partition coefficient (Wildman–Crippen LogP) is -0.0692. The number of esters is 1. The van der Waals surface area contributed by atoms with E-state index in [4.69, 9.17) is 10.00 Å². The molecule has 102 valence electrons. The number of hydrogen-bond donors (Lipinski definition) is 1. The highest BCUT2D eigenvalue weighted by molar-refractivity contribution is 5.92. The SMILES string of the molecule is CCOC(=O)[C@H](C#N)C=NCC(C)(C)C[NH+](C)C. The predicted molar refractivity (Wildman–Crippen MR) is 70.6 cm³/mol. The molecule has 0 heterocycles. The molecule has 5 nitrogen and oxygen atoms in total. The Labute approximate surface area is 109 Å². The molecule has 0 aliphatic carbocycles. The third-order valence-electron chi connectivity index (χ3n) is 2.29. The maximum Gasteiger partial charge on any atom is 0.328 e. The fourth-order valence-electron chi connectivity index (χ4n) is 1.80. The van der Waals surface area contributed by atoms with Crippen LogP contribution >= 0.6 is 0 Å². The Morgan fingerprint density at radius 2 is 2.17 bits per heavy atom. The van der Waals surface area contributed by atoms with Gasteiger partial charge in [0.05, 0.1) is 33.3 Å². The van der Waals surface area contributed by atoms with Gasteiger partial charge in [-0.25, -0.2) is 0 Å². The van der Waals surface area contributed by atoms with Crippen molar-refractivity contribution in [2.24, 2.45) is 16.3 Å². The van der Waals surface area contributed by atoms with E-state index >= 15 is 0 Å². The molecule has 0 radical (unpaired) electrons. The number of nitrogens with one attached hydrogen (secondary N) is 1. The van der Waals surface area contributed by atoms with Crippen molar-refractivity contribution < 1.29 is 14.4 Å². The van der Waals surface area contributed by atoms with Gasteiger partial charge in [0.1, 0.15) is 0 Å². The van der Waals surface area contributed by atoms with Crippen LogP contribution in [0.1, 0.15) is 20.8 Å². The molecular weight excluding hydrogens is 230 g/mol. The quantitative estimate of drug-likeness (QED) is 0.511. The van der Waals surface area contributed by atoms with Crippen LogP contribution in [0, 0.1) is 22.7 Å². The van der Waals surface area contributed by atoms with Gasteiger partial charge in [-0.2, -0.15) is 5.26 Å². The summed E-state index contributed by atoms with van der Waals surface area (Å²) in [4.78, 5) is 16.9. The Morgan fingerprint density at radius 1 is 1.56 bits per heavy atom. The summed E-state index contributed by atoms with van der Waals surface area (Å²) in [5.41, 5.74) is 0.0456. The summed E-state index contributed by atoms with van der Waals surface area (Å²) < 4.78 is 4.79. The first-order valence-electron chi connectivity index (χ1n) is 6.17. The molecule has 1 N–H and O–H groups in total. The number of carbonyl (C=O) groups is 1. The highest BCUT2D eigenvalue weighted by Crippen LogP contribution is 2.12. The van der Waals surface area contributed by atoms with Gasteiger partial charge in [0, 0.05) is 18.2 Å². The zero-order valence-corrected chi connectivity index (χ0v) is 12.0. The van der Waals surface area contributed by atoms with Gasteiger partial charge in [0.15, 0.2) is 5.92 Å². The Hall–Kier alpha value is -1.41. The molecule has 18 heavy (non-hydrogen) atoms. The smallest absolute Gasteiger partial charge is 0.328 e. The maximum atomic E-state index is 11.4. The van der Waals surface area contributed by atoms with Crippen LogP contribution in [-0.2, 0) is 9.53 Å². The number of aliphatic imine (C=N–C) groups is 1. The molecule has 0 unspecified atom stereocenters. The van der Waals surface area contributed by atoms with E-state index in [0.29, 0.717) is 6.54 Å². The highest BCUT2D eigenvalue weighted by atomic mass is 16.5. The van der Waals surface area contributed by atoms with Crippen LogP contribution in [0.15, 0.2) is 4.99 Å². The maximum absolute atomic E-state index is 11.4. The van der Waals surface area contributed by atoms with Crippen molar-refractivity contribution in [1.29, 1.82) is 5.26 Å². The lowest BCUT2D eigenvalue weighted by Gasteiger charge is -2.23. The molecule has 0 saturated carbocycles. The third kappa shape index (κ3) is 7.02. The third-order valence-corrected chi connectivity index (χ3v) is 2.29. The van der Waals surface area contributed by atoms with Gasteiger partial charge in [0.25, 0.3) is 0 Å². The Balaban J connectivity index is 4.37. The number of quaternary nitrogens is 1. The van der Waals surface area contributed by atoms with Crippen molar-refractivity contribution in [3.05, 3.63) is 0 Å². The average molecular weight is 254 g/mol. The molecule has 0 saturated heterocycles. The number of hydrogen-bond acceptors (Lipinski definition) is 4. The molecule has 0 spiro atoms. The zero-order chi connectivity index (χ0) is 14.2. The zero-order valence-electron chi connectivity index (χ0n) is 12.0. The van der Waals surface area contributed by atoms with Crippen LogP contribution in [0.5, 0.6) is 0 Å². The van der Waals surface area contributed by atoms with Crippen molar-refractivity contribution in [2.75, 3.05) is 33.8 Å². The number of rotatable bonds is 7. The second kappa shape index (κ2) is 7.83. The summed E-state index contributed by atoms with van der Waals surface area (Å²) in [6.45, 7) is 7.79. The summed E-state index contributed by atoms with van der Waals surface area (Å²) >= 11 is 0. The lowest BCUT2D eigenvalue weighted by atomic mass is 9.93. The molecule has 1 atom stereocenters. The molecule has 5 heteroatoms. The summed E-state index contributed by atoms with van der Waals surface area (Å²) in [5.74, 6) is -1.42. The molecular formula is C13H24N3O2+. The summed E-state index contributed by atoms with van der Waals surface area (Å²) in [6, 6.07) is 1.88. The topological polar surface area (TPSA) is 66.9 Å². The Morgan fingerprint density at radius 3 is 2.61 bits per heavy atom. The second-order valence-corrected chi connectivity index (χ2v) is 5.40. The van der Waals surface area contributed by atoms with Gasteiger partial charge in [-0.3, -0.25) is 9.79 Å². The second-order valence-electron chi connectivity index (χ2n) is 5.40. The average Bonchev–Trinajstić information content (AvgIpc) is 2.22. The largest absolute Gasteiger partial charge is 0.465 e. The summed E-state index contributed by atoms with van der Waals surface area (Å²) in [5, 5.41) is 8.85. The van der Waals surface area contributed by atoms with Gasteiger partial charge in [-0.1, -0.05) is 13.8 Å². The highest BCUT2D eigenvalue weighted by Gasteiger charge is 2.22. The molecule has 0 rings (SSSR count). The van der Waals surface area contributed by atoms with E-state index in [0.717, 1.165) is 6.54 Å². The molecule has 0 aromatic carbocycles. The minimum Gasteiger partial charge on any atom is -0.465 e. The minimum atomic E-state index is -0.896. The molecule has 0 aliphatic heterocycles. The van der Waals surface area contributed by atoms with Crippen LogP contribution < -0.4 is 4.90 Å². The van der Waals surface area contributed by atoms with E-state index in [2.05, 4.69) is 32.9 Å². The van der Waals surface area contributed by atoms with Gasteiger partial charge in [0.2, 0.25) is 0 Å². The number of nitriles is 1. The monoisotopic (exact) mass is 254 g/mol. The van der Waals surface area contributed by atoms with Crippen LogP contribution in [-0.4, -0.2) is 46.0 Å². The first kappa shape index (κ1) is 16.6. The first-order chi connectivity index (χ1) is 8.32. The molecule has 0 amide bonds. The summed E-state index contributed by atoms with van der Waals surface area (Å²) in [7, 11) is 4.17. The first-order valence-corrected chi connectivity index (χ1v) is 6.17. The van der Waals surface area contributed by atoms with Crippen LogP contribution in [0.3, 0.4) is 0 Å². The van der Waals surface area contributed by atoms with Crippen LogP contribution in [0.2, 0.25) is 0 Å². The fraction of sp³-hybridized carbons (Fsp3) is 0.769. The summed E-state index contributed by atoms with van der Waals surface area (Å²) in [6.07, 6.45) is 1.39. The number of nitrogens with zero attached hydrogens (tertiary/aromatic N) is 2. The normalized spacial score (nSPS) is 13.6. The number of carbonyl (C=O) groups excluding carboxylic acids is 1. The molecule has 0 aromatic heterocycles. The fourth-order valence-corrected chi connectivity index (χ4v) is 1.80. The Kier molecular flexibility index (Phi) is 7.21. The van der Waals surface area contributed by atoms with Crippen LogP contribution in [0.25, 0.3) is 0 Å². The van der Waals surface area contributed by atoms with E-state index in [-0.39, 0.29) is 12.0 Å². The van der Waals surface area contributed by atoms with Gasteiger partial charge < -0.3 is 9.64 Å². The van der Waals surface area contributed by atoms with Crippen molar-refractivity contribution in [3.63, 3.8) is 0 Å². The van der Waals surface area contributed by atoms with E-state index in [1.807, 2.05) is 6.07 Å². The van der Waals surface area contributed by atoms with Crippen molar-refractivity contribution in [2.45, 2.75) is 20.8 Å². The van der Waals surface area contributed by atoms with E-state index in [1.54, 1.807) is 6.92 Å². The molecule has 0 aliphatic rings. The van der Waals surface area contributed by atoms with Gasteiger partial charge in [-0.15, -0.1) is 0 Å². The van der Waals surface area contributed by atoms with Gasteiger partial charge >= 0.3 is 5.97 Å². The van der Waals surface area contributed by atoms with Crippen molar-refractivity contribution >= 4 is 12.2 Å². The standard InChI is InChI=1S/C13H23N3O2/c1-6-18-12(17)11(7-14)8-15-9-13(2,3)10-16(4)5/h8,11H,6,9-10H2,1-5H3/p+1/t11-/m1/s1. The van der Waals surface area contributed by atoms with E-state index < -0.39 is 11.9 Å². The molecule has 0 aromatic rings. The van der Waals surface area contributed by atoms with Crippen molar-refractivity contribution in [1.82, 2.24) is 0 Å². The number of ether oxygens (including phenoxy) is 1. The molecule has 0 bridgehead atoms. The van der Waals surface area contributed by atoms with E-state index in [1.165, 1.54) is 11.1 Å². The minimum absolute atomic E-state index is 0.0456. The lowest BCUT2D eigenvalue weighted by molar-refractivity contribution is -0.865. The molecule has 0 fully saturated rings. The van der Waals surface area contributed by atoms with Gasteiger partial charge in [-0.05, 0) is 6.92 Å². The van der Waals surface area contributed by atoms with Crippen LogP contribution in [0.4, 0.5) is 0 Å².